The number of nitriles is 1. The Balaban J connectivity index is 2.22. The number of thiazole rings is 1. The summed E-state index contributed by atoms with van der Waals surface area (Å²) < 4.78 is 0.996. The van der Waals surface area contributed by atoms with Gasteiger partial charge in [0.2, 0.25) is 0 Å². The molecule has 0 aliphatic carbocycles. The van der Waals surface area contributed by atoms with E-state index >= 15 is 0 Å². The molecular weight excluding hydrogens is 282 g/mol. The van der Waals surface area contributed by atoms with Crippen LogP contribution in [-0.4, -0.2) is 9.91 Å². The number of thiophene rings is 1. The Morgan fingerprint density at radius 3 is 2.84 bits per heavy atom. The van der Waals surface area contributed by atoms with Crippen LogP contribution in [0, 0.1) is 21.4 Å². The summed E-state index contributed by atoms with van der Waals surface area (Å²) in [6, 6.07) is 9.51. The summed E-state index contributed by atoms with van der Waals surface area (Å²) in [5.41, 5.74) is 1.47. The average molecular weight is 287 g/mol. The minimum atomic E-state index is -0.528. The molecular formula is C12H5N3O2S2. The second-order valence-electron chi connectivity index (χ2n) is 3.69. The number of rotatable bonds is 2. The first kappa shape index (κ1) is 11.8. The van der Waals surface area contributed by atoms with E-state index < -0.39 is 4.92 Å². The number of aromatic nitrogens is 1. The molecule has 0 amide bonds. The Bertz CT molecular complexity index is 796. The predicted octanol–water partition coefficient (Wildman–Crippen LogP) is 3.80. The molecule has 2 aromatic heterocycles. The molecule has 2 heterocycles. The third-order valence-corrected chi connectivity index (χ3v) is 4.57. The van der Waals surface area contributed by atoms with Crippen LogP contribution in [0.4, 0.5) is 5.00 Å². The Hall–Kier alpha value is -2.30. The molecule has 92 valence electrons. The summed E-state index contributed by atoms with van der Waals surface area (Å²) >= 11 is 2.39. The van der Waals surface area contributed by atoms with Crippen LogP contribution in [0.2, 0.25) is 0 Å². The van der Waals surface area contributed by atoms with Gasteiger partial charge in [-0.05, 0) is 12.1 Å². The van der Waals surface area contributed by atoms with Crippen molar-refractivity contribution in [1.29, 1.82) is 5.26 Å². The van der Waals surface area contributed by atoms with Crippen molar-refractivity contribution in [3.63, 3.8) is 0 Å². The number of fused-ring (bicyclic) bond motifs is 1. The zero-order valence-corrected chi connectivity index (χ0v) is 11.0. The molecule has 0 N–H and O–H groups in total. The van der Waals surface area contributed by atoms with E-state index in [1.807, 2.05) is 30.3 Å². The molecule has 0 bridgehead atoms. The van der Waals surface area contributed by atoms with Gasteiger partial charge >= 0.3 is 5.00 Å². The Morgan fingerprint density at radius 2 is 2.16 bits per heavy atom. The lowest BCUT2D eigenvalue weighted by Crippen LogP contribution is -1.87. The SMILES string of the molecule is N#Cc1c(-c2nc3ccccc3s2)csc1[N+](=O)[O-]. The van der Waals surface area contributed by atoms with Crippen LogP contribution in [0.5, 0.6) is 0 Å². The third-order valence-electron chi connectivity index (χ3n) is 2.57. The number of hydrogen-bond donors (Lipinski definition) is 0. The second-order valence-corrected chi connectivity index (χ2v) is 5.57. The molecule has 0 aliphatic heterocycles. The van der Waals surface area contributed by atoms with Gasteiger partial charge in [0.25, 0.3) is 0 Å². The van der Waals surface area contributed by atoms with Gasteiger partial charge in [0.15, 0.2) is 5.56 Å². The third kappa shape index (κ3) is 1.87. The van der Waals surface area contributed by atoms with Crippen LogP contribution in [0.3, 0.4) is 0 Å². The lowest BCUT2D eigenvalue weighted by molar-refractivity contribution is -0.380. The van der Waals surface area contributed by atoms with Gasteiger partial charge < -0.3 is 0 Å². The number of nitrogens with zero attached hydrogens (tertiary/aromatic N) is 3. The Labute approximate surface area is 115 Å². The molecule has 1 aromatic carbocycles. The van der Waals surface area contributed by atoms with Crippen molar-refractivity contribution in [3.05, 3.63) is 45.3 Å². The molecule has 7 heteroatoms. The average Bonchev–Trinajstić information content (AvgIpc) is 3.01. The highest BCUT2D eigenvalue weighted by Crippen LogP contribution is 2.39. The van der Waals surface area contributed by atoms with E-state index in [0.29, 0.717) is 10.6 Å². The molecule has 0 fully saturated rings. The van der Waals surface area contributed by atoms with Crippen LogP contribution in [-0.2, 0) is 0 Å². The maximum Gasteiger partial charge on any atom is 0.342 e. The summed E-state index contributed by atoms with van der Waals surface area (Å²) in [7, 11) is 0. The Morgan fingerprint density at radius 1 is 1.37 bits per heavy atom. The lowest BCUT2D eigenvalue weighted by Gasteiger charge is -1.90. The molecule has 3 rings (SSSR count). The summed E-state index contributed by atoms with van der Waals surface area (Å²) in [5, 5.41) is 22.1. The van der Waals surface area contributed by atoms with E-state index in [2.05, 4.69) is 4.98 Å². The highest BCUT2D eigenvalue weighted by Gasteiger charge is 2.23. The minimum Gasteiger partial charge on any atom is -0.258 e. The normalized spacial score (nSPS) is 10.5. The van der Waals surface area contributed by atoms with Gasteiger partial charge in [0, 0.05) is 10.9 Å². The van der Waals surface area contributed by atoms with E-state index in [4.69, 9.17) is 5.26 Å². The van der Waals surface area contributed by atoms with Gasteiger partial charge in [-0.15, -0.1) is 11.3 Å². The fourth-order valence-electron chi connectivity index (χ4n) is 1.73. The van der Waals surface area contributed by atoms with Gasteiger partial charge in [-0.1, -0.05) is 23.5 Å². The van der Waals surface area contributed by atoms with Crippen molar-refractivity contribution >= 4 is 37.9 Å². The topological polar surface area (TPSA) is 79.8 Å². The zero-order valence-electron chi connectivity index (χ0n) is 9.36. The number of nitro groups is 1. The molecule has 0 aliphatic rings. The van der Waals surface area contributed by atoms with E-state index in [-0.39, 0.29) is 10.6 Å². The predicted molar refractivity (Wildman–Crippen MR) is 74.3 cm³/mol. The fourth-order valence-corrected chi connectivity index (χ4v) is 3.62. The van der Waals surface area contributed by atoms with Gasteiger partial charge in [-0.2, -0.15) is 5.26 Å². The molecule has 19 heavy (non-hydrogen) atoms. The van der Waals surface area contributed by atoms with Crippen molar-refractivity contribution in [3.8, 4) is 16.6 Å². The quantitative estimate of drug-likeness (QED) is 0.530. The summed E-state index contributed by atoms with van der Waals surface area (Å²) in [4.78, 5) is 14.7. The van der Waals surface area contributed by atoms with Gasteiger partial charge in [0.1, 0.15) is 11.1 Å². The molecule has 0 atom stereocenters. The first-order valence-electron chi connectivity index (χ1n) is 5.22. The summed E-state index contributed by atoms with van der Waals surface area (Å²) in [6.07, 6.45) is 0. The van der Waals surface area contributed by atoms with Gasteiger partial charge in [-0.3, -0.25) is 10.1 Å². The van der Waals surface area contributed by atoms with Crippen molar-refractivity contribution in [2.45, 2.75) is 0 Å². The molecule has 0 saturated carbocycles. The fraction of sp³-hybridized carbons (Fsp3) is 0. The Kier molecular flexibility index (Phi) is 2.74. The van der Waals surface area contributed by atoms with Crippen molar-refractivity contribution in [1.82, 2.24) is 4.98 Å². The van der Waals surface area contributed by atoms with Gasteiger partial charge in [0.05, 0.1) is 15.1 Å². The lowest BCUT2D eigenvalue weighted by atomic mass is 10.2. The van der Waals surface area contributed by atoms with Crippen molar-refractivity contribution < 1.29 is 4.92 Å². The maximum absolute atomic E-state index is 10.8. The largest absolute Gasteiger partial charge is 0.342 e. The van der Waals surface area contributed by atoms with E-state index in [1.54, 1.807) is 5.38 Å². The van der Waals surface area contributed by atoms with E-state index in [9.17, 15) is 10.1 Å². The van der Waals surface area contributed by atoms with Crippen LogP contribution in [0.1, 0.15) is 5.56 Å². The van der Waals surface area contributed by atoms with Crippen LogP contribution < -0.4 is 0 Å². The molecule has 0 spiro atoms. The summed E-state index contributed by atoms with van der Waals surface area (Å²) in [5.74, 6) is 0. The van der Waals surface area contributed by atoms with Gasteiger partial charge in [-0.25, -0.2) is 4.98 Å². The number of hydrogen-bond acceptors (Lipinski definition) is 6. The van der Waals surface area contributed by atoms with Crippen molar-refractivity contribution in [2.75, 3.05) is 0 Å². The highest BCUT2D eigenvalue weighted by atomic mass is 32.1. The molecule has 3 aromatic rings. The van der Waals surface area contributed by atoms with E-state index in [0.717, 1.165) is 21.6 Å². The van der Waals surface area contributed by atoms with Crippen molar-refractivity contribution in [2.24, 2.45) is 0 Å². The standard InChI is InChI=1S/C12H5N3O2S2/c13-5-7-8(6-18-12(7)15(16)17)11-14-9-3-1-2-4-10(9)19-11/h1-4,6H. The van der Waals surface area contributed by atoms with Crippen LogP contribution >= 0.6 is 22.7 Å². The van der Waals surface area contributed by atoms with Crippen LogP contribution in [0.25, 0.3) is 20.8 Å². The van der Waals surface area contributed by atoms with Crippen LogP contribution in [0.15, 0.2) is 29.6 Å². The minimum absolute atomic E-state index is 0.0917. The second kappa shape index (κ2) is 4.42. The smallest absolute Gasteiger partial charge is 0.258 e. The van der Waals surface area contributed by atoms with E-state index in [1.165, 1.54) is 11.3 Å². The zero-order chi connectivity index (χ0) is 13.4. The monoisotopic (exact) mass is 287 g/mol. The molecule has 0 radical (unpaired) electrons. The number of para-hydroxylation sites is 1. The molecule has 0 unspecified atom stereocenters. The first-order chi connectivity index (χ1) is 9.20. The summed E-state index contributed by atoms with van der Waals surface area (Å²) in [6.45, 7) is 0. The number of benzene rings is 1. The maximum atomic E-state index is 10.8. The molecule has 0 saturated heterocycles. The highest BCUT2D eigenvalue weighted by molar-refractivity contribution is 7.22. The molecule has 5 nitrogen and oxygen atoms in total. The first-order valence-corrected chi connectivity index (χ1v) is 6.92.